The second kappa shape index (κ2) is 6.03. The number of amides is 1. The smallest absolute Gasteiger partial charge is 0.253 e. The molecule has 88 valence electrons. The Morgan fingerprint density at radius 3 is 2.81 bits per heavy atom. The fourth-order valence-corrected chi connectivity index (χ4v) is 1.42. The maximum Gasteiger partial charge on any atom is 0.253 e. The van der Waals surface area contributed by atoms with E-state index in [0.29, 0.717) is 17.1 Å². The van der Waals surface area contributed by atoms with E-state index >= 15 is 0 Å². The van der Waals surface area contributed by atoms with Crippen LogP contribution in [0.1, 0.15) is 10.4 Å². The molecule has 0 saturated carbocycles. The van der Waals surface area contributed by atoms with E-state index < -0.39 is 0 Å². The van der Waals surface area contributed by atoms with Crippen LogP contribution < -0.4 is 5.32 Å². The Hall–Kier alpha value is -0.840. The van der Waals surface area contributed by atoms with Crippen molar-refractivity contribution in [1.82, 2.24) is 15.2 Å². The Morgan fingerprint density at radius 2 is 2.19 bits per heavy atom. The molecule has 0 unspecified atom stereocenters. The lowest BCUT2D eigenvalue weighted by atomic mass is 10.2. The van der Waals surface area contributed by atoms with Gasteiger partial charge in [0.05, 0.1) is 10.6 Å². The minimum atomic E-state index is -0.240. The normalized spacial score (nSPS) is 10.6. The van der Waals surface area contributed by atoms with Gasteiger partial charge in [-0.1, -0.05) is 23.2 Å². The van der Waals surface area contributed by atoms with Crippen LogP contribution in [0.4, 0.5) is 0 Å². The third-order valence-electron chi connectivity index (χ3n) is 1.91. The van der Waals surface area contributed by atoms with E-state index in [0.717, 1.165) is 6.54 Å². The second-order valence-electron chi connectivity index (χ2n) is 3.55. The summed E-state index contributed by atoms with van der Waals surface area (Å²) in [5.41, 5.74) is 0.348. The minimum Gasteiger partial charge on any atom is -0.351 e. The maximum atomic E-state index is 11.7. The Bertz CT molecular complexity index is 382. The van der Waals surface area contributed by atoms with Crippen molar-refractivity contribution in [2.75, 3.05) is 27.2 Å². The lowest BCUT2D eigenvalue weighted by Gasteiger charge is -2.10. The highest BCUT2D eigenvalue weighted by molar-refractivity contribution is 6.35. The molecule has 1 heterocycles. The van der Waals surface area contributed by atoms with Gasteiger partial charge >= 0.3 is 0 Å². The average Bonchev–Trinajstić information content (AvgIpc) is 2.21. The van der Waals surface area contributed by atoms with E-state index in [-0.39, 0.29) is 11.1 Å². The van der Waals surface area contributed by atoms with Gasteiger partial charge in [0, 0.05) is 19.3 Å². The van der Waals surface area contributed by atoms with Crippen LogP contribution in [0, 0.1) is 0 Å². The van der Waals surface area contributed by atoms with Crippen LogP contribution in [-0.4, -0.2) is 43.0 Å². The Morgan fingerprint density at radius 1 is 1.50 bits per heavy atom. The van der Waals surface area contributed by atoms with Crippen LogP contribution >= 0.6 is 23.2 Å². The molecule has 0 aliphatic heterocycles. The molecule has 0 radical (unpaired) electrons. The van der Waals surface area contributed by atoms with Gasteiger partial charge in [-0.3, -0.25) is 4.79 Å². The Balaban J connectivity index is 2.62. The van der Waals surface area contributed by atoms with E-state index in [9.17, 15) is 4.79 Å². The van der Waals surface area contributed by atoms with Gasteiger partial charge in [0.25, 0.3) is 5.91 Å². The Kier molecular flexibility index (Phi) is 4.99. The quantitative estimate of drug-likeness (QED) is 0.840. The number of hydrogen-bond donors (Lipinski definition) is 1. The van der Waals surface area contributed by atoms with Crippen molar-refractivity contribution < 1.29 is 4.79 Å². The molecular formula is C10H13Cl2N3O. The third-order valence-corrected chi connectivity index (χ3v) is 2.42. The first kappa shape index (κ1) is 13.2. The van der Waals surface area contributed by atoms with Gasteiger partial charge in [0.1, 0.15) is 5.15 Å². The lowest BCUT2D eigenvalue weighted by Crippen LogP contribution is -2.31. The summed E-state index contributed by atoms with van der Waals surface area (Å²) in [6.45, 7) is 1.32. The van der Waals surface area contributed by atoms with E-state index in [2.05, 4.69) is 10.3 Å². The van der Waals surface area contributed by atoms with E-state index in [1.807, 2.05) is 19.0 Å². The highest BCUT2D eigenvalue weighted by atomic mass is 35.5. The van der Waals surface area contributed by atoms with E-state index in [1.54, 1.807) is 0 Å². The maximum absolute atomic E-state index is 11.7. The summed E-state index contributed by atoms with van der Waals surface area (Å²) in [6.07, 6.45) is 1.37. The van der Waals surface area contributed by atoms with Crippen LogP contribution in [0.5, 0.6) is 0 Å². The zero-order valence-corrected chi connectivity index (χ0v) is 10.6. The predicted molar refractivity (Wildman–Crippen MR) is 65.1 cm³/mol. The SMILES string of the molecule is CN(C)CCNC(=O)c1cc(Cl)ncc1Cl. The first-order valence-electron chi connectivity index (χ1n) is 4.74. The monoisotopic (exact) mass is 261 g/mol. The first-order chi connectivity index (χ1) is 7.50. The fourth-order valence-electron chi connectivity index (χ4n) is 1.08. The van der Waals surface area contributed by atoms with Gasteiger partial charge in [-0.05, 0) is 20.2 Å². The van der Waals surface area contributed by atoms with Gasteiger partial charge < -0.3 is 10.2 Å². The molecule has 0 aromatic carbocycles. The van der Waals surface area contributed by atoms with Crippen molar-refractivity contribution in [3.8, 4) is 0 Å². The molecule has 0 saturated heterocycles. The highest BCUT2D eigenvalue weighted by Gasteiger charge is 2.10. The number of hydrogen-bond acceptors (Lipinski definition) is 3. The average molecular weight is 262 g/mol. The van der Waals surface area contributed by atoms with Crippen molar-refractivity contribution in [2.24, 2.45) is 0 Å². The number of aromatic nitrogens is 1. The lowest BCUT2D eigenvalue weighted by molar-refractivity contribution is 0.0951. The molecule has 0 fully saturated rings. The number of likely N-dealkylation sites (N-methyl/N-ethyl adjacent to an activating group) is 1. The molecule has 0 atom stereocenters. The number of carbonyl (C=O) groups excluding carboxylic acids is 1. The fraction of sp³-hybridized carbons (Fsp3) is 0.400. The van der Waals surface area contributed by atoms with Gasteiger partial charge in [-0.15, -0.1) is 0 Å². The van der Waals surface area contributed by atoms with Gasteiger partial charge in [-0.2, -0.15) is 0 Å². The summed E-state index contributed by atoms with van der Waals surface area (Å²) >= 11 is 11.5. The molecule has 0 aliphatic rings. The van der Waals surface area contributed by atoms with E-state index in [4.69, 9.17) is 23.2 Å². The number of rotatable bonds is 4. The van der Waals surface area contributed by atoms with Crippen LogP contribution in [0.15, 0.2) is 12.3 Å². The zero-order chi connectivity index (χ0) is 12.1. The molecule has 0 aliphatic carbocycles. The molecule has 4 nitrogen and oxygen atoms in total. The molecule has 6 heteroatoms. The molecule has 16 heavy (non-hydrogen) atoms. The van der Waals surface area contributed by atoms with Crippen LogP contribution in [0.2, 0.25) is 10.2 Å². The molecular weight excluding hydrogens is 249 g/mol. The zero-order valence-electron chi connectivity index (χ0n) is 9.13. The van der Waals surface area contributed by atoms with Crippen molar-refractivity contribution in [3.05, 3.63) is 28.0 Å². The van der Waals surface area contributed by atoms with E-state index in [1.165, 1.54) is 12.3 Å². The Labute approximate surface area is 105 Å². The van der Waals surface area contributed by atoms with Crippen LogP contribution in [0.25, 0.3) is 0 Å². The summed E-state index contributed by atoms with van der Waals surface area (Å²) in [5.74, 6) is -0.240. The number of nitrogens with zero attached hydrogens (tertiary/aromatic N) is 2. The molecule has 1 rings (SSSR count). The van der Waals surface area contributed by atoms with Crippen molar-refractivity contribution in [1.29, 1.82) is 0 Å². The minimum absolute atomic E-state index is 0.240. The summed E-state index contributed by atoms with van der Waals surface area (Å²) < 4.78 is 0. The molecule has 1 N–H and O–H groups in total. The number of pyridine rings is 1. The summed E-state index contributed by atoms with van der Waals surface area (Å²) in [4.78, 5) is 17.4. The number of halogens is 2. The second-order valence-corrected chi connectivity index (χ2v) is 4.34. The van der Waals surface area contributed by atoms with Gasteiger partial charge in [-0.25, -0.2) is 4.98 Å². The predicted octanol–water partition coefficient (Wildman–Crippen LogP) is 1.68. The summed E-state index contributed by atoms with van der Waals surface area (Å²) in [6, 6.07) is 1.45. The van der Waals surface area contributed by atoms with Crippen molar-refractivity contribution >= 4 is 29.1 Å². The first-order valence-corrected chi connectivity index (χ1v) is 5.50. The third kappa shape index (κ3) is 3.96. The number of carbonyl (C=O) groups is 1. The number of nitrogens with one attached hydrogen (secondary N) is 1. The highest BCUT2D eigenvalue weighted by Crippen LogP contribution is 2.17. The molecule has 1 amide bonds. The van der Waals surface area contributed by atoms with Gasteiger partial charge in [0.2, 0.25) is 0 Å². The van der Waals surface area contributed by atoms with Crippen LogP contribution in [0.3, 0.4) is 0 Å². The standard InChI is InChI=1S/C10H13Cl2N3O/c1-15(2)4-3-13-10(16)7-5-9(12)14-6-8(7)11/h5-6H,3-4H2,1-2H3,(H,13,16). The van der Waals surface area contributed by atoms with Crippen molar-refractivity contribution in [2.45, 2.75) is 0 Å². The van der Waals surface area contributed by atoms with Gasteiger partial charge in [0.15, 0.2) is 0 Å². The summed E-state index contributed by atoms with van der Waals surface area (Å²) in [5, 5.41) is 3.30. The van der Waals surface area contributed by atoms with Crippen molar-refractivity contribution in [3.63, 3.8) is 0 Å². The molecule has 1 aromatic heterocycles. The molecule has 0 bridgehead atoms. The summed E-state index contributed by atoms with van der Waals surface area (Å²) in [7, 11) is 3.87. The molecule has 1 aromatic rings. The largest absolute Gasteiger partial charge is 0.351 e. The van der Waals surface area contributed by atoms with Crippen LogP contribution in [-0.2, 0) is 0 Å². The molecule has 0 spiro atoms. The topological polar surface area (TPSA) is 45.2 Å².